The molecule has 0 rings (SSSR count). The van der Waals surface area contributed by atoms with E-state index in [4.69, 9.17) is 13.6 Å². The molecule has 0 radical (unpaired) electrons. The van der Waals surface area contributed by atoms with Gasteiger partial charge in [-0.15, -0.1) is 0 Å². The molecule has 0 aliphatic heterocycles. The van der Waals surface area contributed by atoms with E-state index in [-0.39, 0.29) is 18.3 Å². The van der Waals surface area contributed by atoms with Gasteiger partial charge < -0.3 is 28.3 Å². The van der Waals surface area contributed by atoms with E-state index >= 15 is 0 Å². The SMILES string of the molecule is C[C@H](C[NH+](C)C)OP(O[C@H](C)C[NH+](C)C)O[C@@H](C)C[NH+](C)C. The van der Waals surface area contributed by atoms with Crippen molar-refractivity contribution in [2.75, 3.05) is 61.9 Å². The van der Waals surface area contributed by atoms with E-state index in [1.165, 1.54) is 14.7 Å². The highest BCUT2D eigenvalue weighted by Crippen LogP contribution is 2.43. The Kier molecular flexibility index (Phi) is 11.8. The van der Waals surface area contributed by atoms with Crippen LogP contribution < -0.4 is 14.7 Å². The lowest BCUT2D eigenvalue weighted by molar-refractivity contribution is -0.862. The number of hydrogen-bond acceptors (Lipinski definition) is 3. The van der Waals surface area contributed by atoms with Crippen molar-refractivity contribution in [1.29, 1.82) is 0 Å². The molecular weight excluding hydrogens is 301 g/mol. The monoisotopic (exact) mass is 340 g/mol. The van der Waals surface area contributed by atoms with Crippen molar-refractivity contribution < 1.29 is 28.3 Å². The maximum absolute atomic E-state index is 6.05. The molecule has 0 bridgehead atoms. The predicted molar refractivity (Wildman–Crippen MR) is 91.6 cm³/mol. The van der Waals surface area contributed by atoms with E-state index < -0.39 is 8.60 Å². The molecule has 3 atom stereocenters. The molecule has 0 aromatic rings. The van der Waals surface area contributed by atoms with E-state index in [2.05, 4.69) is 63.1 Å². The van der Waals surface area contributed by atoms with Crippen LogP contribution in [0.1, 0.15) is 20.8 Å². The zero-order valence-electron chi connectivity index (χ0n) is 16.0. The van der Waals surface area contributed by atoms with Crippen molar-refractivity contribution in [3.63, 3.8) is 0 Å². The molecule has 0 aliphatic rings. The van der Waals surface area contributed by atoms with Gasteiger partial charge in [-0.1, -0.05) is 0 Å². The average Bonchev–Trinajstić information content (AvgIpc) is 2.23. The zero-order valence-corrected chi connectivity index (χ0v) is 16.9. The van der Waals surface area contributed by atoms with Crippen LogP contribution in [0.15, 0.2) is 0 Å². The van der Waals surface area contributed by atoms with Gasteiger partial charge in [-0.25, -0.2) is 0 Å². The molecule has 0 saturated heterocycles. The van der Waals surface area contributed by atoms with Crippen molar-refractivity contribution in [2.24, 2.45) is 0 Å². The minimum absolute atomic E-state index is 0.119. The Morgan fingerprint density at radius 1 is 0.591 bits per heavy atom. The van der Waals surface area contributed by atoms with Crippen LogP contribution in [0.5, 0.6) is 0 Å². The molecule has 0 aliphatic carbocycles. The van der Waals surface area contributed by atoms with Gasteiger partial charge in [0.15, 0.2) is 0 Å². The van der Waals surface area contributed by atoms with Crippen LogP contribution in [0.25, 0.3) is 0 Å². The second-order valence-corrected chi connectivity index (χ2v) is 8.29. The second kappa shape index (κ2) is 11.7. The molecule has 0 unspecified atom stereocenters. The predicted octanol–water partition coefficient (Wildman–Crippen LogP) is -2.14. The van der Waals surface area contributed by atoms with Crippen LogP contribution in [0.3, 0.4) is 0 Å². The molecule has 7 heteroatoms. The first-order valence-corrected chi connectivity index (χ1v) is 9.37. The molecule has 0 spiro atoms. The molecule has 0 aromatic carbocycles. The Balaban J connectivity index is 4.53. The lowest BCUT2D eigenvalue weighted by Crippen LogP contribution is -3.07. The fourth-order valence-corrected chi connectivity index (χ4v) is 3.61. The normalized spacial score (nSPS) is 16.8. The Morgan fingerprint density at radius 3 is 1.00 bits per heavy atom. The Bertz CT molecular complexity index is 238. The van der Waals surface area contributed by atoms with Gasteiger partial charge in [0, 0.05) is 0 Å². The van der Waals surface area contributed by atoms with E-state index in [9.17, 15) is 0 Å². The average molecular weight is 340 g/mol. The highest BCUT2D eigenvalue weighted by molar-refractivity contribution is 7.41. The fraction of sp³-hybridized carbons (Fsp3) is 1.00. The molecule has 0 aromatic heterocycles. The first kappa shape index (κ1) is 22.2. The summed E-state index contributed by atoms with van der Waals surface area (Å²) in [5.41, 5.74) is 0. The summed E-state index contributed by atoms with van der Waals surface area (Å²) in [4.78, 5) is 4.08. The van der Waals surface area contributed by atoms with Gasteiger partial charge in [-0.05, 0) is 20.8 Å². The van der Waals surface area contributed by atoms with Crippen molar-refractivity contribution in [3.05, 3.63) is 0 Å². The van der Waals surface area contributed by atoms with Crippen LogP contribution in [0.2, 0.25) is 0 Å². The minimum atomic E-state index is -1.31. The quantitative estimate of drug-likeness (QED) is 0.355. The zero-order chi connectivity index (χ0) is 17.3. The van der Waals surface area contributed by atoms with Crippen molar-refractivity contribution in [3.8, 4) is 0 Å². The van der Waals surface area contributed by atoms with Crippen LogP contribution in [0.4, 0.5) is 0 Å². The van der Waals surface area contributed by atoms with Gasteiger partial charge in [0.25, 0.3) is 0 Å². The Labute approximate surface area is 138 Å². The molecule has 6 nitrogen and oxygen atoms in total. The second-order valence-electron chi connectivity index (χ2n) is 7.21. The number of nitrogens with one attached hydrogen (secondary N) is 3. The molecule has 0 saturated carbocycles. The summed E-state index contributed by atoms with van der Waals surface area (Å²) < 4.78 is 18.1. The summed E-state index contributed by atoms with van der Waals surface area (Å²) in [6, 6.07) is 0. The third-order valence-electron chi connectivity index (χ3n) is 2.89. The lowest BCUT2D eigenvalue weighted by Gasteiger charge is -2.26. The summed E-state index contributed by atoms with van der Waals surface area (Å²) in [6.45, 7) is 9.06. The molecule has 0 heterocycles. The molecule has 22 heavy (non-hydrogen) atoms. The standard InChI is InChI=1S/C15H36N3O3P/c1-13(10-16(4)5)19-22(20-14(2)11-17(6)7)21-15(3)12-18(8)9/h13-15H,10-12H2,1-9H3/p+3/t13-,14-,15+/m1/s1. The van der Waals surface area contributed by atoms with Crippen LogP contribution in [0, 0.1) is 0 Å². The third-order valence-corrected chi connectivity index (χ3v) is 4.48. The van der Waals surface area contributed by atoms with E-state index in [0.717, 1.165) is 19.6 Å². The topological polar surface area (TPSA) is 41.0 Å². The molecular formula is C15H39N3O3P+3. The van der Waals surface area contributed by atoms with E-state index in [1.807, 2.05) is 0 Å². The van der Waals surface area contributed by atoms with Gasteiger partial charge >= 0.3 is 8.60 Å². The summed E-state index contributed by atoms with van der Waals surface area (Å²) in [5.74, 6) is 0. The summed E-state index contributed by atoms with van der Waals surface area (Å²) in [7, 11) is 11.4. The maximum atomic E-state index is 6.05. The Morgan fingerprint density at radius 2 is 0.818 bits per heavy atom. The van der Waals surface area contributed by atoms with Gasteiger partial charge in [-0.2, -0.15) is 0 Å². The summed E-state index contributed by atoms with van der Waals surface area (Å²) >= 11 is 0. The Hall–Kier alpha value is 0.190. The number of likely N-dealkylation sites (N-methyl/N-ethyl adjacent to an activating group) is 3. The summed E-state index contributed by atoms with van der Waals surface area (Å²) in [5, 5.41) is 0. The highest BCUT2D eigenvalue weighted by Gasteiger charge is 2.25. The van der Waals surface area contributed by atoms with Crippen LogP contribution >= 0.6 is 8.60 Å². The van der Waals surface area contributed by atoms with Gasteiger partial charge in [0.05, 0.1) is 42.3 Å². The smallest absolute Gasteiger partial charge is 0.334 e. The van der Waals surface area contributed by atoms with Crippen molar-refractivity contribution in [1.82, 2.24) is 0 Å². The highest BCUT2D eigenvalue weighted by atomic mass is 31.2. The molecule has 0 fully saturated rings. The lowest BCUT2D eigenvalue weighted by atomic mass is 10.4. The minimum Gasteiger partial charge on any atom is -0.338 e. The summed E-state index contributed by atoms with van der Waals surface area (Å²) in [6.07, 6.45) is 0.358. The van der Waals surface area contributed by atoms with Gasteiger partial charge in [0.2, 0.25) is 0 Å². The molecule has 0 amide bonds. The number of rotatable bonds is 12. The maximum Gasteiger partial charge on any atom is 0.334 e. The third kappa shape index (κ3) is 12.7. The van der Waals surface area contributed by atoms with E-state index in [1.54, 1.807) is 0 Å². The number of quaternary nitrogens is 3. The van der Waals surface area contributed by atoms with Crippen molar-refractivity contribution in [2.45, 2.75) is 39.1 Å². The first-order valence-electron chi connectivity index (χ1n) is 8.27. The fourth-order valence-electron chi connectivity index (χ4n) is 2.35. The van der Waals surface area contributed by atoms with Crippen molar-refractivity contribution >= 4 is 8.60 Å². The first-order chi connectivity index (χ1) is 10.1. The van der Waals surface area contributed by atoms with Gasteiger partial charge in [0.1, 0.15) is 37.9 Å². The molecule has 3 N–H and O–H groups in total. The van der Waals surface area contributed by atoms with Gasteiger partial charge in [-0.3, -0.25) is 0 Å². The largest absolute Gasteiger partial charge is 0.338 e. The van der Waals surface area contributed by atoms with E-state index in [0.29, 0.717) is 0 Å². The van der Waals surface area contributed by atoms with Crippen LogP contribution in [-0.2, 0) is 13.6 Å². The van der Waals surface area contributed by atoms with Crippen LogP contribution in [-0.4, -0.2) is 80.2 Å². The number of hydrogen-bond donors (Lipinski definition) is 3. The molecule has 134 valence electrons.